The van der Waals surface area contributed by atoms with E-state index in [1.165, 1.54) is 31.5 Å². The first-order valence-corrected chi connectivity index (χ1v) is 9.94. The lowest BCUT2D eigenvalue weighted by molar-refractivity contribution is 0.0601. The van der Waals surface area contributed by atoms with E-state index in [9.17, 15) is 18.4 Å². The van der Waals surface area contributed by atoms with Crippen molar-refractivity contribution in [3.8, 4) is 0 Å². The molecule has 2 N–H and O–H groups in total. The summed E-state index contributed by atoms with van der Waals surface area (Å²) < 4.78 is 33.6. The highest BCUT2D eigenvalue weighted by atomic mass is 79.9. The van der Waals surface area contributed by atoms with E-state index in [1.807, 2.05) is 0 Å². The summed E-state index contributed by atoms with van der Waals surface area (Å²) in [6, 6.07) is 5.67. The predicted octanol–water partition coefficient (Wildman–Crippen LogP) is 5.63. The molecule has 4 rings (SSSR count). The molecule has 0 atom stereocenters. The number of H-pyrrole nitrogens is 1. The van der Waals surface area contributed by atoms with Crippen LogP contribution in [0, 0.1) is 11.6 Å². The second-order valence-corrected chi connectivity index (χ2v) is 7.96. The first kappa shape index (κ1) is 22.0. The molecular formula is C20H14Br2F2N2O4. The Balaban J connectivity index is 0.000000172. The molecule has 6 nitrogen and oxygen atoms in total. The maximum Gasteiger partial charge on any atom is 0.340 e. The highest BCUT2D eigenvalue weighted by Gasteiger charge is 2.16. The maximum absolute atomic E-state index is 13.4. The number of hydrogen-bond donors (Lipinski definition) is 2. The van der Waals surface area contributed by atoms with E-state index in [0.717, 1.165) is 5.52 Å². The number of nitrogens with one attached hydrogen (secondary N) is 1. The van der Waals surface area contributed by atoms with Crippen molar-refractivity contribution in [3.63, 3.8) is 0 Å². The first-order valence-electron chi connectivity index (χ1n) is 8.35. The molecule has 0 saturated heterocycles. The van der Waals surface area contributed by atoms with Gasteiger partial charge in [-0.05, 0) is 56.1 Å². The summed E-state index contributed by atoms with van der Waals surface area (Å²) in [5.74, 6) is -2.41. The third-order valence-corrected chi connectivity index (χ3v) is 5.61. The van der Waals surface area contributed by atoms with E-state index in [0.29, 0.717) is 30.8 Å². The van der Waals surface area contributed by atoms with Crippen LogP contribution in [0.25, 0.3) is 21.8 Å². The van der Waals surface area contributed by atoms with Crippen LogP contribution in [0.2, 0.25) is 0 Å². The van der Waals surface area contributed by atoms with E-state index in [-0.39, 0.29) is 5.56 Å². The number of carboxylic acid groups (broad SMARTS) is 1. The number of aromatic nitrogens is 2. The summed E-state index contributed by atoms with van der Waals surface area (Å²) >= 11 is 6.13. The fourth-order valence-corrected chi connectivity index (χ4v) is 3.62. The molecular weight excluding hydrogens is 530 g/mol. The first-order chi connectivity index (χ1) is 14.1. The Hall–Kier alpha value is -2.72. The van der Waals surface area contributed by atoms with Crippen molar-refractivity contribution in [1.82, 2.24) is 9.55 Å². The number of carbonyl (C=O) groups is 2. The molecule has 0 saturated carbocycles. The van der Waals surface area contributed by atoms with Crippen molar-refractivity contribution in [2.24, 2.45) is 7.05 Å². The third-order valence-electron chi connectivity index (χ3n) is 4.39. The van der Waals surface area contributed by atoms with Gasteiger partial charge in [-0.15, -0.1) is 0 Å². The van der Waals surface area contributed by atoms with Gasteiger partial charge in [0.05, 0.1) is 27.2 Å². The highest BCUT2D eigenvalue weighted by Crippen LogP contribution is 2.27. The smallest absolute Gasteiger partial charge is 0.340 e. The number of ether oxygens (including phenoxy) is 1. The highest BCUT2D eigenvalue weighted by molar-refractivity contribution is 9.10. The Bertz CT molecular complexity index is 1300. The van der Waals surface area contributed by atoms with Crippen LogP contribution in [0.3, 0.4) is 0 Å². The zero-order valence-electron chi connectivity index (χ0n) is 15.6. The van der Waals surface area contributed by atoms with Crippen LogP contribution in [0.1, 0.15) is 20.7 Å². The summed E-state index contributed by atoms with van der Waals surface area (Å²) in [7, 11) is 3.09. The van der Waals surface area contributed by atoms with E-state index >= 15 is 0 Å². The van der Waals surface area contributed by atoms with Gasteiger partial charge in [0.15, 0.2) is 0 Å². The molecule has 0 bridgehead atoms. The van der Waals surface area contributed by atoms with E-state index < -0.39 is 23.6 Å². The average Bonchev–Trinajstić information content (AvgIpc) is 3.24. The molecule has 0 amide bonds. The molecule has 0 aliphatic carbocycles. The van der Waals surface area contributed by atoms with Crippen LogP contribution in [-0.4, -0.2) is 33.7 Å². The molecule has 156 valence electrons. The second kappa shape index (κ2) is 8.57. The van der Waals surface area contributed by atoms with Gasteiger partial charge in [0.1, 0.15) is 11.6 Å². The molecule has 0 radical (unpaired) electrons. The molecule has 30 heavy (non-hydrogen) atoms. The van der Waals surface area contributed by atoms with E-state index in [4.69, 9.17) is 5.11 Å². The lowest BCUT2D eigenvalue weighted by Gasteiger charge is -1.99. The minimum Gasteiger partial charge on any atom is -0.478 e. The molecule has 2 aromatic heterocycles. The lowest BCUT2D eigenvalue weighted by atomic mass is 10.2. The Morgan fingerprint density at radius 1 is 1.03 bits per heavy atom. The number of rotatable bonds is 2. The summed E-state index contributed by atoms with van der Waals surface area (Å²) in [5.41, 5.74) is 1.81. The molecule has 0 unspecified atom stereocenters. The normalized spacial score (nSPS) is 10.7. The van der Waals surface area contributed by atoms with Crippen LogP contribution < -0.4 is 0 Å². The Labute approximate surface area is 185 Å². The number of halogens is 4. The predicted molar refractivity (Wildman–Crippen MR) is 115 cm³/mol. The van der Waals surface area contributed by atoms with Crippen LogP contribution in [0.4, 0.5) is 8.78 Å². The summed E-state index contributed by atoms with van der Waals surface area (Å²) in [4.78, 5) is 24.9. The SMILES string of the molecule is COC(=O)c1cn(C)c2cc(Br)c(F)cc12.O=C(O)c1c[nH]c2cc(Br)c(F)cc12. The molecule has 0 spiro atoms. The number of fused-ring (bicyclic) bond motifs is 2. The molecule has 0 aliphatic heterocycles. The van der Waals surface area contributed by atoms with Gasteiger partial charge in [0.2, 0.25) is 0 Å². The summed E-state index contributed by atoms with van der Waals surface area (Å²) in [5, 5.41) is 9.70. The van der Waals surface area contributed by atoms with Crippen LogP contribution in [0.15, 0.2) is 45.6 Å². The number of hydrogen-bond acceptors (Lipinski definition) is 3. The molecule has 0 fully saturated rings. The number of esters is 1. The van der Waals surface area contributed by atoms with Gasteiger partial charge in [0.25, 0.3) is 0 Å². The quantitative estimate of drug-likeness (QED) is 0.321. The van der Waals surface area contributed by atoms with Gasteiger partial charge in [-0.3, -0.25) is 0 Å². The molecule has 10 heteroatoms. The topological polar surface area (TPSA) is 84.3 Å². The van der Waals surface area contributed by atoms with Crippen LogP contribution >= 0.6 is 31.9 Å². The third kappa shape index (κ3) is 4.10. The van der Waals surface area contributed by atoms with Crippen molar-refractivity contribution < 1.29 is 28.2 Å². The fraction of sp³-hybridized carbons (Fsp3) is 0.100. The Kier molecular flexibility index (Phi) is 6.27. The van der Waals surface area contributed by atoms with Crippen molar-refractivity contribution in [2.45, 2.75) is 0 Å². The van der Waals surface area contributed by atoms with Crippen LogP contribution in [0.5, 0.6) is 0 Å². The van der Waals surface area contributed by atoms with Crippen molar-refractivity contribution in [1.29, 1.82) is 0 Å². The Morgan fingerprint density at radius 2 is 1.63 bits per heavy atom. The maximum atomic E-state index is 13.4. The van der Waals surface area contributed by atoms with Crippen molar-refractivity contribution >= 4 is 65.6 Å². The van der Waals surface area contributed by atoms with Crippen molar-refractivity contribution in [2.75, 3.05) is 7.11 Å². The number of methoxy groups -OCH3 is 1. The Morgan fingerprint density at radius 3 is 2.23 bits per heavy atom. The number of aryl methyl sites for hydroxylation is 1. The molecule has 2 heterocycles. The zero-order valence-corrected chi connectivity index (χ0v) is 18.8. The second-order valence-electron chi connectivity index (χ2n) is 6.25. The molecule has 2 aromatic carbocycles. The lowest BCUT2D eigenvalue weighted by Crippen LogP contribution is -1.99. The summed E-state index contributed by atoms with van der Waals surface area (Å²) in [6.07, 6.45) is 2.97. The fourth-order valence-electron chi connectivity index (χ4n) is 2.94. The average molecular weight is 544 g/mol. The van der Waals surface area contributed by atoms with E-state index in [1.54, 1.807) is 23.9 Å². The minimum atomic E-state index is -1.07. The monoisotopic (exact) mass is 542 g/mol. The van der Waals surface area contributed by atoms with Crippen molar-refractivity contribution in [3.05, 3.63) is 68.4 Å². The van der Waals surface area contributed by atoms with Gasteiger partial charge in [0, 0.05) is 41.2 Å². The number of aromatic amines is 1. The molecule has 0 aliphatic rings. The number of nitrogens with zero attached hydrogens (tertiary/aromatic N) is 1. The van der Waals surface area contributed by atoms with Gasteiger partial charge in [-0.1, -0.05) is 0 Å². The number of aromatic carboxylic acids is 1. The zero-order chi connectivity index (χ0) is 22.2. The van der Waals surface area contributed by atoms with Crippen LogP contribution in [-0.2, 0) is 11.8 Å². The molecule has 4 aromatic rings. The minimum absolute atomic E-state index is 0.0754. The van der Waals surface area contributed by atoms with Gasteiger partial charge < -0.3 is 19.4 Å². The van der Waals surface area contributed by atoms with E-state index in [2.05, 4.69) is 41.6 Å². The number of carboxylic acids is 1. The van der Waals surface area contributed by atoms with Gasteiger partial charge in [-0.25, -0.2) is 18.4 Å². The summed E-state index contributed by atoms with van der Waals surface area (Å²) in [6.45, 7) is 0. The number of benzene rings is 2. The van der Waals surface area contributed by atoms with Gasteiger partial charge >= 0.3 is 11.9 Å². The standard InChI is InChI=1S/C11H9BrFNO2.C9H5BrFNO2/c1-14-5-7(11(15)16-2)6-3-9(13)8(12)4-10(6)14;10-6-2-8-4(1-7(6)11)5(3-12-8)9(13)14/h3-5H,1-2H3;1-3,12H,(H,13,14). The van der Waals surface area contributed by atoms with Gasteiger partial charge in [-0.2, -0.15) is 0 Å². The number of carbonyl (C=O) groups excluding carboxylic acids is 1. The largest absolute Gasteiger partial charge is 0.478 e.